The lowest BCUT2D eigenvalue weighted by Gasteiger charge is -2.53. The molecule has 0 amide bonds. The Hall–Kier alpha value is -4.54. The number of benzene rings is 5. The first-order chi connectivity index (χ1) is 33.3. The zero-order chi connectivity index (χ0) is 50.0. The van der Waals surface area contributed by atoms with Crippen LogP contribution in [0.2, 0.25) is 0 Å². The van der Waals surface area contributed by atoms with Crippen molar-refractivity contribution in [3.05, 3.63) is 134 Å². The van der Waals surface area contributed by atoms with Gasteiger partial charge in [0.25, 0.3) is 6.71 Å². The van der Waals surface area contributed by atoms with Crippen LogP contribution in [0.25, 0.3) is 11.1 Å². The zero-order valence-corrected chi connectivity index (χ0v) is 46.9. The van der Waals surface area contributed by atoms with Crippen molar-refractivity contribution in [2.24, 2.45) is 0 Å². The van der Waals surface area contributed by atoms with Gasteiger partial charge in [-0.2, -0.15) is 0 Å². The minimum atomic E-state index is 0.0340. The number of nitrogens with zero attached hydrogens (tertiary/aromatic N) is 2. The van der Waals surface area contributed by atoms with E-state index in [1.165, 1.54) is 148 Å². The Morgan fingerprint density at radius 3 is 1.55 bits per heavy atom. The third-order valence-electron chi connectivity index (χ3n) is 21.0. The Morgan fingerprint density at radius 1 is 0.423 bits per heavy atom. The Balaban J connectivity index is 1.19. The van der Waals surface area contributed by atoms with E-state index in [-0.39, 0.29) is 50.0 Å². The molecule has 14 rings (SSSR count). The molecule has 0 saturated heterocycles. The maximum Gasteiger partial charge on any atom is 0.253 e. The first-order valence-electron chi connectivity index (χ1n) is 27.8. The highest BCUT2D eigenvalue weighted by molar-refractivity contribution is 7.20. The van der Waals surface area contributed by atoms with Crippen LogP contribution in [0.4, 0.5) is 33.4 Å². The van der Waals surface area contributed by atoms with Crippen molar-refractivity contribution in [3.63, 3.8) is 0 Å². The second kappa shape index (κ2) is 14.4. The zero-order valence-electron chi connectivity index (χ0n) is 46.0. The lowest BCUT2D eigenvalue weighted by atomic mass is 9.32. The molecule has 3 heterocycles. The molecule has 1 saturated carbocycles. The minimum absolute atomic E-state index is 0.0340. The molecule has 0 unspecified atom stereocenters. The lowest BCUT2D eigenvalue weighted by molar-refractivity contribution is 0.188. The van der Waals surface area contributed by atoms with Crippen molar-refractivity contribution in [2.45, 2.75) is 211 Å². The summed E-state index contributed by atoms with van der Waals surface area (Å²) in [5.74, 6) is 0. The average molecular weight is 955 g/mol. The van der Waals surface area contributed by atoms with Gasteiger partial charge in [-0.1, -0.05) is 139 Å². The van der Waals surface area contributed by atoms with E-state index in [0.717, 1.165) is 0 Å². The van der Waals surface area contributed by atoms with Crippen molar-refractivity contribution in [2.75, 3.05) is 9.80 Å². The van der Waals surface area contributed by atoms with Crippen molar-refractivity contribution < 1.29 is 0 Å². The van der Waals surface area contributed by atoms with Crippen LogP contribution in [0.3, 0.4) is 0 Å². The molecule has 2 aliphatic heterocycles. The Morgan fingerprint density at radius 2 is 0.930 bits per heavy atom. The van der Waals surface area contributed by atoms with Crippen LogP contribution in [0.5, 0.6) is 0 Å². The van der Waals surface area contributed by atoms with Gasteiger partial charge in [-0.3, -0.25) is 0 Å². The van der Waals surface area contributed by atoms with Crippen molar-refractivity contribution in [1.29, 1.82) is 0 Å². The van der Waals surface area contributed by atoms with Crippen LogP contribution >= 0.6 is 11.3 Å². The molecular weight excluding hydrogens is 876 g/mol. The predicted octanol–water partition coefficient (Wildman–Crippen LogP) is 17.0. The Kier molecular flexibility index (Phi) is 9.38. The molecule has 6 aliphatic carbocycles. The van der Waals surface area contributed by atoms with Gasteiger partial charge in [-0.05, 0) is 223 Å². The van der Waals surface area contributed by atoms with Gasteiger partial charge in [0, 0.05) is 33.2 Å². The van der Waals surface area contributed by atoms with E-state index in [1.54, 1.807) is 27.0 Å². The molecule has 2 bridgehead atoms. The Labute approximate surface area is 432 Å². The van der Waals surface area contributed by atoms with Crippen molar-refractivity contribution in [1.82, 2.24) is 0 Å². The number of thiophene rings is 1. The molecule has 0 spiro atoms. The molecule has 1 fully saturated rings. The van der Waals surface area contributed by atoms with Crippen LogP contribution in [0, 0.1) is 6.92 Å². The number of hydrogen-bond acceptors (Lipinski definition) is 3. The summed E-state index contributed by atoms with van der Waals surface area (Å²) < 4.78 is 0. The number of aryl methyl sites for hydroxylation is 1. The van der Waals surface area contributed by atoms with Gasteiger partial charge in [-0.15, -0.1) is 11.3 Å². The standard InChI is InChI=1S/C67H79BN2S/c1-40-33-53-56-54(34-40)70(51-38-47-46(62(6,7)25-26-63(47,8)9)36-43(51)41-19-17-16-18-20-41)52-39-49-48(66(14)29-31-67(49,15)32-30-66)37-50(52)68(56)57-55-58(65(12,13)28-27-64(55,10)11)71-59(57)69(53)42-21-22-44-45(35-42)61(4,5)24-23-60(44,2)3/h16-22,33-39H,23-32H2,1-15H3. The fraction of sp³-hybridized carbons (Fsp3) is 0.493. The lowest BCUT2D eigenvalue weighted by Crippen LogP contribution is -2.63. The van der Waals surface area contributed by atoms with E-state index < -0.39 is 0 Å². The van der Waals surface area contributed by atoms with Gasteiger partial charge in [0.1, 0.15) is 0 Å². The first kappa shape index (κ1) is 46.3. The summed E-state index contributed by atoms with van der Waals surface area (Å²) in [6.07, 6.45) is 12.3. The van der Waals surface area contributed by atoms with Crippen LogP contribution in [0.15, 0.2) is 84.9 Å². The molecule has 71 heavy (non-hydrogen) atoms. The number of hydrogen-bond donors (Lipinski definition) is 0. The van der Waals surface area contributed by atoms with Gasteiger partial charge >= 0.3 is 0 Å². The normalized spacial score (nSPS) is 25.8. The van der Waals surface area contributed by atoms with E-state index in [0.29, 0.717) is 0 Å². The van der Waals surface area contributed by atoms with Gasteiger partial charge in [0.15, 0.2) is 0 Å². The van der Waals surface area contributed by atoms with Crippen molar-refractivity contribution in [3.8, 4) is 11.1 Å². The summed E-state index contributed by atoms with van der Waals surface area (Å²) in [5.41, 5.74) is 27.2. The SMILES string of the molecule is Cc1cc2c3c(c1)N(c1ccc4c(c1)C(C)(C)CCC4(C)C)c1sc4c(c1B3c1cc3c(cc1N2c1cc2c(cc1-c1ccccc1)C(C)(C)CCC2(C)C)C1(C)CCC3(C)CC1)C(C)(C)CCC4(C)C. The highest BCUT2D eigenvalue weighted by Gasteiger charge is 2.54. The van der Waals surface area contributed by atoms with E-state index in [2.05, 4.69) is 210 Å². The van der Waals surface area contributed by atoms with E-state index in [9.17, 15) is 0 Å². The summed E-state index contributed by atoms with van der Waals surface area (Å²) in [4.78, 5) is 7.25. The third kappa shape index (κ3) is 6.37. The fourth-order valence-electron chi connectivity index (χ4n) is 15.8. The van der Waals surface area contributed by atoms with E-state index in [4.69, 9.17) is 0 Å². The van der Waals surface area contributed by atoms with Crippen LogP contribution in [0.1, 0.15) is 211 Å². The fourth-order valence-corrected chi connectivity index (χ4v) is 17.5. The summed E-state index contributed by atoms with van der Waals surface area (Å²) in [6.45, 7) is 37.9. The number of rotatable bonds is 3. The summed E-state index contributed by atoms with van der Waals surface area (Å²) >= 11 is 2.14. The summed E-state index contributed by atoms with van der Waals surface area (Å²) in [6, 6.07) is 35.3. The van der Waals surface area contributed by atoms with Gasteiger partial charge < -0.3 is 9.80 Å². The number of fused-ring (bicyclic) bond motifs is 10. The van der Waals surface area contributed by atoms with E-state index in [1.807, 2.05) is 0 Å². The van der Waals surface area contributed by atoms with Gasteiger partial charge in [0.2, 0.25) is 0 Å². The highest BCUT2D eigenvalue weighted by Crippen LogP contribution is 2.61. The van der Waals surface area contributed by atoms with Crippen LogP contribution < -0.4 is 26.2 Å². The van der Waals surface area contributed by atoms with Crippen LogP contribution in [-0.4, -0.2) is 6.71 Å². The summed E-state index contributed by atoms with van der Waals surface area (Å²) in [7, 11) is 0. The molecular formula is C67H79BN2S. The third-order valence-corrected chi connectivity index (χ3v) is 22.6. The molecule has 2 nitrogen and oxygen atoms in total. The average Bonchev–Trinajstić information content (AvgIpc) is 3.74. The van der Waals surface area contributed by atoms with Gasteiger partial charge in [0.05, 0.1) is 10.7 Å². The molecule has 0 atom stereocenters. The minimum Gasteiger partial charge on any atom is -0.311 e. The molecule has 6 aromatic rings. The largest absolute Gasteiger partial charge is 0.311 e. The number of anilines is 6. The topological polar surface area (TPSA) is 6.48 Å². The van der Waals surface area contributed by atoms with Crippen LogP contribution in [-0.2, 0) is 43.3 Å². The quantitative estimate of drug-likeness (QED) is 0.163. The molecule has 0 radical (unpaired) electrons. The molecule has 8 aliphatic rings. The van der Waals surface area contributed by atoms with E-state index >= 15 is 0 Å². The second-order valence-electron chi connectivity index (χ2n) is 28.7. The Bertz CT molecular complexity index is 3270. The molecule has 4 heteroatoms. The molecule has 0 N–H and O–H groups in total. The summed E-state index contributed by atoms with van der Waals surface area (Å²) in [5, 5.41) is 1.46. The smallest absolute Gasteiger partial charge is 0.253 e. The predicted molar refractivity (Wildman–Crippen MR) is 308 cm³/mol. The molecule has 1 aromatic heterocycles. The second-order valence-corrected chi connectivity index (χ2v) is 29.7. The molecule has 366 valence electrons. The van der Waals surface area contributed by atoms with Gasteiger partial charge in [-0.25, -0.2) is 0 Å². The molecule has 5 aromatic carbocycles. The maximum absolute atomic E-state index is 2.84. The highest BCUT2D eigenvalue weighted by atomic mass is 32.1. The monoisotopic (exact) mass is 955 g/mol. The van der Waals surface area contributed by atoms with Crippen molar-refractivity contribution >= 4 is 67.9 Å². The maximum atomic E-state index is 2.84. The first-order valence-corrected chi connectivity index (χ1v) is 28.6.